The Morgan fingerprint density at radius 1 is 1.19 bits per heavy atom. The molecule has 1 aromatic carbocycles. The van der Waals surface area contributed by atoms with Crippen LogP contribution in [0, 0.1) is 0 Å². The number of rotatable bonds is 4. The number of ether oxygens (including phenoxy) is 1. The molecule has 2 aromatic rings. The van der Waals surface area contributed by atoms with E-state index >= 15 is 0 Å². The molecule has 0 spiro atoms. The van der Waals surface area contributed by atoms with Crippen molar-refractivity contribution in [3.8, 4) is 0 Å². The monoisotopic (exact) mass is 304 g/mol. The smallest absolute Gasteiger partial charge is 0.412 e. The summed E-state index contributed by atoms with van der Waals surface area (Å²) >= 11 is 1.71. The summed E-state index contributed by atoms with van der Waals surface area (Å²) in [4.78, 5) is 13.0. The van der Waals surface area contributed by atoms with Crippen LogP contribution in [0.1, 0.15) is 25.6 Å². The van der Waals surface area contributed by atoms with E-state index in [1.165, 1.54) is 4.88 Å². The van der Waals surface area contributed by atoms with E-state index in [0.717, 1.165) is 12.2 Å². The molecule has 0 fully saturated rings. The third kappa shape index (κ3) is 5.47. The molecule has 2 rings (SSSR count). The first kappa shape index (κ1) is 15.4. The minimum atomic E-state index is -0.501. The number of benzene rings is 1. The molecule has 5 heteroatoms. The first-order valence-corrected chi connectivity index (χ1v) is 7.67. The molecule has 1 amide bonds. The van der Waals surface area contributed by atoms with E-state index in [1.54, 1.807) is 11.3 Å². The summed E-state index contributed by atoms with van der Waals surface area (Å²) in [5.74, 6) is 0. The van der Waals surface area contributed by atoms with Crippen molar-refractivity contribution in [2.24, 2.45) is 0 Å². The van der Waals surface area contributed by atoms with Gasteiger partial charge in [0.05, 0.1) is 0 Å². The molecule has 4 nitrogen and oxygen atoms in total. The lowest BCUT2D eigenvalue weighted by atomic mass is 10.2. The highest BCUT2D eigenvalue weighted by molar-refractivity contribution is 7.09. The Morgan fingerprint density at radius 3 is 2.62 bits per heavy atom. The summed E-state index contributed by atoms with van der Waals surface area (Å²) in [5.41, 5.74) is 1.16. The zero-order valence-corrected chi connectivity index (χ0v) is 13.3. The molecule has 0 aliphatic carbocycles. The number of hydrogen-bond donors (Lipinski definition) is 2. The van der Waals surface area contributed by atoms with Gasteiger partial charge in [0.25, 0.3) is 0 Å². The van der Waals surface area contributed by atoms with E-state index in [4.69, 9.17) is 4.74 Å². The van der Waals surface area contributed by atoms with Gasteiger partial charge in [0.15, 0.2) is 0 Å². The number of carbonyl (C=O) groups is 1. The van der Waals surface area contributed by atoms with Crippen LogP contribution in [0.25, 0.3) is 0 Å². The second kappa shape index (κ2) is 6.63. The maximum Gasteiger partial charge on any atom is 0.412 e. The Labute approximate surface area is 129 Å². The minimum absolute atomic E-state index is 0.446. The molecular weight excluding hydrogens is 284 g/mol. The molecular formula is C16H20N2O2S. The van der Waals surface area contributed by atoms with Gasteiger partial charge in [0.1, 0.15) is 5.60 Å². The molecule has 0 aliphatic rings. The molecule has 21 heavy (non-hydrogen) atoms. The van der Waals surface area contributed by atoms with E-state index in [-0.39, 0.29) is 0 Å². The van der Waals surface area contributed by atoms with Gasteiger partial charge in [-0.05, 0) is 50.4 Å². The predicted octanol–water partition coefficient (Wildman–Crippen LogP) is 4.71. The zero-order valence-electron chi connectivity index (χ0n) is 12.5. The van der Waals surface area contributed by atoms with Crippen LogP contribution in [-0.2, 0) is 11.3 Å². The maximum atomic E-state index is 11.7. The summed E-state index contributed by atoms with van der Waals surface area (Å²) in [6, 6.07) is 11.7. The van der Waals surface area contributed by atoms with Crippen molar-refractivity contribution in [1.29, 1.82) is 0 Å². The molecule has 0 saturated heterocycles. The maximum absolute atomic E-state index is 11.7. The van der Waals surface area contributed by atoms with Crippen molar-refractivity contribution >= 4 is 28.8 Å². The predicted molar refractivity (Wildman–Crippen MR) is 87.9 cm³/mol. The number of nitrogens with one attached hydrogen (secondary N) is 2. The van der Waals surface area contributed by atoms with E-state index in [2.05, 4.69) is 22.1 Å². The van der Waals surface area contributed by atoms with Crippen molar-refractivity contribution in [1.82, 2.24) is 0 Å². The number of anilines is 2. The highest BCUT2D eigenvalue weighted by Gasteiger charge is 2.16. The lowest BCUT2D eigenvalue weighted by Gasteiger charge is -2.19. The lowest BCUT2D eigenvalue weighted by molar-refractivity contribution is 0.0636. The normalized spacial score (nSPS) is 11.0. The summed E-state index contributed by atoms with van der Waals surface area (Å²) in [6.07, 6.45) is -0.446. The standard InChI is InChI=1S/C16H20N2O2S/c1-16(2,3)20-15(19)18-13-7-4-6-12(10-13)17-11-14-8-5-9-21-14/h4-10,17H,11H2,1-3H3,(H,18,19). The van der Waals surface area contributed by atoms with Crippen LogP contribution < -0.4 is 10.6 Å². The summed E-state index contributed by atoms with van der Waals surface area (Å²) < 4.78 is 5.23. The zero-order chi connectivity index (χ0) is 15.3. The minimum Gasteiger partial charge on any atom is -0.444 e. The van der Waals surface area contributed by atoms with E-state index in [0.29, 0.717) is 5.69 Å². The largest absolute Gasteiger partial charge is 0.444 e. The van der Waals surface area contributed by atoms with Gasteiger partial charge in [0.2, 0.25) is 0 Å². The van der Waals surface area contributed by atoms with Gasteiger partial charge < -0.3 is 10.1 Å². The Kier molecular flexibility index (Phi) is 4.85. The summed E-state index contributed by atoms with van der Waals surface area (Å²) in [6.45, 7) is 6.29. The Morgan fingerprint density at radius 2 is 1.95 bits per heavy atom. The lowest BCUT2D eigenvalue weighted by Crippen LogP contribution is -2.27. The van der Waals surface area contributed by atoms with Crippen molar-refractivity contribution < 1.29 is 9.53 Å². The average Bonchev–Trinajstić information content (AvgIpc) is 2.87. The second-order valence-corrected chi connectivity index (χ2v) is 6.67. The van der Waals surface area contributed by atoms with Gasteiger partial charge >= 0.3 is 6.09 Å². The van der Waals surface area contributed by atoms with E-state index in [9.17, 15) is 4.79 Å². The molecule has 0 unspecified atom stereocenters. The van der Waals surface area contributed by atoms with Gasteiger partial charge in [-0.3, -0.25) is 5.32 Å². The van der Waals surface area contributed by atoms with Gasteiger partial charge in [-0.25, -0.2) is 4.79 Å². The first-order chi connectivity index (χ1) is 9.92. The van der Waals surface area contributed by atoms with Crippen LogP contribution >= 0.6 is 11.3 Å². The van der Waals surface area contributed by atoms with Gasteiger partial charge in [0, 0.05) is 22.8 Å². The number of carbonyl (C=O) groups excluding carboxylic acids is 1. The van der Waals surface area contributed by atoms with Crippen LogP contribution in [-0.4, -0.2) is 11.7 Å². The molecule has 0 radical (unpaired) electrons. The van der Waals surface area contributed by atoms with Crippen LogP contribution in [0.3, 0.4) is 0 Å². The molecule has 1 heterocycles. The molecule has 112 valence electrons. The van der Waals surface area contributed by atoms with Crippen molar-refractivity contribution in [2.75, 3.05) is 10.6 Å². The molecule has 0 aliphatic heterocycles. The van der Waals surface area contributed by atoms with Crippen molar-refractivity contribution in [2.45, 2.75) is 32.9 Å². The Bertz CT molecular complexity index is 589. The van der Waals surface area contributed by atoms with Gasteiger partial charge in [-0.2, -0.15) is 0 Å². The van der Waals surface area contributed by atoms with Crippen molar-refractivity contribution in [3.63, 3.8) is 0 Å². The number of hydrogen-bond acceptors (Lipinski definition) is 4. The fourth-order valence-corrected chi connectivity index (χ4v) is 2.38. The summed E-state index contributed by atoms with van der Waals surface area (Å²) in [7, 11) is 0. The van der Waals surface area contributed by atoms with Gasteiger partial charge in [-0.1, -0.05) is 12.1 Å². The fraction of sp³-hybridized carbons (Fsp3) is 0.312. The highest BCUT2D eigenvalue weighted by atomic mass is 32.1. The first-order valence-electron chi connectivity index (χ1n) is 6.79. The number of thiophene rings is 1. The fourth-order valence-electron chi connectivity index (χ4n) is 1.73. The molecule has 1 aromatic heterocycles. The van der Waals surface area contributed by atoms with Crippen molar-refractivity contribution in [3.05, 3.63) is 46.7 Å². The molecule has 2 N–H and O–H groups in total. The number of amides is 1. The summed E-state index contributed by atoms with van der Waals surface area (Å²) in [5, 5.41) is 8.11. The average molecular weight is 304 g/mol. The molecule has 0 bridgehead atoms. The molecule has 0 atom stereocenters. The van der Waals surface area contributed by atoms with E-state index in [1.807, 2.05) is 51.1 Å². The second-order valence-electron chi connectivity index (χ2n) is 5.64. The molecule has 0 saturated carbocycles. The quantitative estimate of drug-likeness (QED) is 0.860. The Balaban J connectivity index is 1.92. The van der Waals surface area contributed by atoms with Crippen LogP contribution in [0.2, 0.25) is 0 Å². The van der Waals surface area contributed by atoms with Gasteiger partial charge in [-0.15, -0.1) is 11.3 Å². The Hall–Kier alpha value is -2.01. The topological polar surface area (TPSA) is 50.4 Å². The van der Waals surface area contributed by atoms with Crippen LogP contribution in [0.15, 0.2) is 41.8 Å². The third-order valence-corrected chi connectivity index (χ3v) is 3.43. The SMILES string of the molecule is CC(C)(C)OC(=O)Nc1cccc(NCc2cccs2)c1. The van der Waals surface area contributed by atoms with E-state index < -0.39 is 11.7 Å². The van der Waals surface area contributed by atoms with Crippen LogP contribution in [0.5, 0.6) is 0 Å². The third-order valence-electron chi connectivity index (χ3n) is 2.55. The highest BCUT2D eigenvalue weighted by Crippen LogP contribution is 2.18. The van der Waals surface area contributed by atoms with Crippen LogP contribution in [0.4, 0.5) is 16.2 Å².